The van der Waals surface area contributed by atoms with Gasteiger partial charge in [0.25, 0.3) is 0 Å². The van der Waals surface area contributed by atoms with Gasteiger partial charge in [-0.05, 0) is 24.3 Å². The molecule has 10 nitrogen and oxygen atoms in total. The third-order valence-corrected chi connectivity index (χ3v) is 3.35. The van der Waals surface area contributed by atoms with Gasteiger partial charge in [-0.3, -0.25) is 9.59 Å². The normalized spacial score (nSPS) is 9.17. The molecule has 0 aromatic heterocycles. The number of methoxy groups -OCH3 is 2. The Morgan fingerprint density at radius 2 is 1.10 bits per heavy atom. The van der Waals surface area contributed by atoms with Crippen LogP contribution in [0.25, 0.3) is 0 Å². The summed E-state index contributed by atoms with van der Waals surface area (Å²) >= 11 is 0. The SMILES string of the molecule is COc1cc(C=O)cc(C(=O)[O-])c1O.COc1cc(C=O)cc(C(=O)[O-])c1O.[Mg+2]. The van der Waals surface area contributed by atoms with Crippen LogP contribution in [0.1, 0.15) is 41.4 Å². The number of carboxylic acid groups (broad SMARTS) is 2. The molecule has 0 aliphatic heterocycles. The molecule has 2 rings (SSSR count). The monoisotopic (exact) mass is 414 g/mol. The molecule has 0 atom stereocenters. The van der Waals surface area contributed by atoms with Crippen molar-refractivity contribution in [1.82, 2.24) is 0 Å². The van der Waals surface area contributed by atoms with E-state index in [4.69, 9.17) is 0 Å². The smallest absolute Gasteiger partial charge is 0.545 e. The predicted octanol–water partition coefficient (Wildman–Crippen LogP) is -1.23. The van der Waals surface area contributed by atoms with Gasteiger partial charge in [0.1, 0.15) is 12.6 Å². The van der Waals surface area contributed by atoms with Crippen molar-refractivity contribution in [3.63, 3.8) is 0 Å². The summed E-state index contributed by atoms with van der Waals surface area (Å²) in [5.74, 6) is -4.37. The van der Waals surface area contributed by atoms with Gasteiger partial charge in [-0.1, -0.05) is 0 Å². The van der Waals surface area contributed by atoms with Crippen molar-refractivity contribution in [2.75, 3.05) is 14.2 Å². The molecular weight excluding hydrogens is 400 g/mol. The average Bonchev–Trinajstić information content (AvgIpc) is 2.68. The molecule has 2 aromatic carbocycles. The number of aromatic carboxylic acids is 2. The Kier molecular flexibility index (Phi) is 10.2. The van der Waals surface area contributed by atoms with Crippen LogP contribution in [0.2, 0.25) is 0 Å². The van der Waals surface area contributed by atoms with Gasteiger partial charge in [0.15, 0.2) is 23.0 Å². The molecule has 0 spiro atoms. The van der Waals surface area contributed by atoms with Crippen molar-refractivity contribution in [3.05, 3.63) is 46.5 Å². The van der Waals surface area contributed by atoms with Crippen molar-refractivity contribution in [1.29, 1.82) is 0 Å². The quantitative estimate of drug-likeness (QED) is 0.430. The average molecular weight is 415 g/mol. The van der Waals surface area contributed by atoms with Gasteiger partial charge in [0, 0.05) is 22.3 Å². The van der Waals surface area contributed by atoms with Crippen molar-refractivity contribution >= 4 is 47.6 Å². The Morgan fingerprint density at radius 3 is 1.31 bits per heavy atom. The first-order chi connectivity index (χ1) is 13.2. The number of aldehydes is 2. The van der Waals surface area contributed by atoms with Crippen LogP contribution in [0.3, 0.4) is 0 Å². The van der Waals surface area contributed by atoms with E-state index in [0.29, 0.717) is 12.6 Å². The van der Waals surface area contributed by atoms with Crippen LogP contribution in [0.4, 0.5) is 0 Å². The van der Waals surface area contributed by atoms with Crippen LogP contribution >= 0.6 is 0 Å². The second kappa shape index (κ2) is 11.5. The zero-order valence-corrected chi connectivity index (χ0v) is 16.7. The molecule has 0 unspecified atom stereocenters. The molecule has 0 aliphatic carbocycles. The van der Waals surface area contributed by atoms with Crippen molar-refractivity contribution in [2.45, 2.75) is 0 Å². The largest absolute Gasteiger partial charge is 2.00 e. The molecule has 0 radical (unpaired) electrons. The molecule has 0 fully saturated rings. The van der Waals surface area contributed by atoms with Gasteiger partial charge in [-0.15, -0.1) is 0 Å². The number of ether oxygens (including phenoxy) is 2. The number of rotatable bonds is 6. The number of carboxylic acids is 2. The first-order valence-corrected chi connectivity index (χ1v) is 7.35. The first kappa shape index (κ1) is 25.7. The van der Waals surface area contributed by atoms with E-state index in [1.807, 2.05) is 0 Å². The van der Waals surface area contributed by atoms with Crippen LogP contribution < -0.4 is 19.7 Å². The second-order valence-electron chi connectivity index (χ2n) is 5.05. The molecule has 0 saturated heterocycles. The maximum absolute atomic E-state index is 10.5. The van der Waals surface area contributed by atoms with E-state index in [0.717, 1.165) is 12.1 Å². The molecule has 2 aromatic rings. The Bertz CT molecular complexity index is 848. The summed E-state index contributed by atoms with van der Waals surface area (Å²) in [5, 5.41) is 39.7. The molecule has 0 heterocycles. The van der Waals surface area contributed by atoms with Crippen LogP contribution in [0.15, 0.2) is 24.3 Å². The zero-order valence-electron chi connectivity index (χ0n) is 15.3. The molecular formula is C18H14MgO10. The molecule has 0 aliphatic rings. The van der Waals surface area contributed by atoms with Gasteiger partial charge in [-0.25, -0.2) is 0 Å². The van der Waals surface area contributed by atoms with E-state index in [-0.39, 0.29) is 45.7 Å². The van der Waals surface area contributed by atoms with E-state index in [2.05, 4.69) is 9.47 Å². The fourth-order valence-electron chi connectivity index (χ4n) is 2.02. The minimum Gasteiger partial charge on any atom is -0.545 e. The summed E-state index contributed by atoms with van der Waals surface area (Å²) < 4.78 is 9.36. The van der Waals surface area contributed by atoms with Crippen LogP contribution in [0, 0.1) is 0 Å². The number of hydrogen-bond acceptors (Lipinski definition) is 10. The summed E-state index contributed by atoms with van der Waals surface area (Å²) in [6, 6.07) is 4.49. The third-order valence-electron chi connectivity index (χ3n) is 3.35. The first-order valence-electron chi connectivity index (χ1n) is 7.35. The van der Waals surface area contributed by atoms with Crippen molar-refractivity contribution < 1.29 is 49.1 Å². The standard InChI is InChI=1S/2C9H8O5.Mg/c2*1-14-7-3-5(4-10)2-6(8(7)11)9(12)13;/h2*2-4,11H,1H3,(H,12,13);/q;;+2/p-2. The third kappa shape index (κ3) is 6.36. The van der Waals surface area contributed by atoms with E-state index in [1.165, 1.54) is 26.4 Å². The van der Waals surface area contributed by atoms with Crippen LogP contribution in [-0.4, -0.2) is 72.0 Å². The van der Waals surface area contributed by atoms with Gasteiger partial charge in [-0.2, -0.15) is 0 Å². The minimum absolute atomic E-state index is 0. The fourth-order valence-corrected chi connectivity index (χ4v) is 2.02. The van der Waals surface area contributed by atoms with Crippen LogP contribution in [0.5, 0.6) is 23.0 Å². The summed E-state index contributed by atoms with van der Waals surface area (Å²) in [5.41, 5.74) is -0.740. The maximum Gasteiger partial charge on any atom is 2.00 e. The molecule has 0 amide bonds. The number of phenols is 2. The van der Waals surface area contributed by atoms with E-state index in [9.17, 15) is 39.6 Å². The topological polar surface area (TPSA) is 173 Å². The number of carbonyl (C=O) groups excluding carboxylic acids is 4. The molecule has 29 heavy (non-hydrogen) atoms. The number of hydrogen-bond donors (Lipinski definition) is 2. The minimum atomic E-state index is -1.57. The van der Waals surface area contributed by atoms with Crippen LogP contribution in [-0.2, 0) is 0 Å². The molecule has 148 valence electrons. The summed E-state index contributed by atoms with van der Waals surface area (Å²) in [7, 11) is 2.51. The van der Waals surface area contributed by atoms with Gasteiger partial charge in [0.2, 0.25) is 0 Å². The van der Waals surface area contributed by atoms with Gasteiger partial charge >= 0.3 is 23.1 Å². The summed E-state index contributed by atoms with van der Waals surface area (Å²) in [4.78, 5) is 41.9. The zero-order chi connectivity index (χ0) is 21.4. The second-order valence-corrected chi connectivity index (χ2v) is 5.05. The van der Waals surface area contributed by atoms with Gasteiger partial charge in [0.05, 0.1) is 26.2 Å². The Hall–Kier alpha value is -3.31. The molecule has 11 heteroatoms. The van der Waals surface area contributed by atoms with E-state index < -0.39 is 34.6 Å². The maximum atomic E-state index is 10.5. The van der Waals surface area contributed by atoms with E-state index in [1.54, 1.807) is 0 Å². The molecule has 0 bridgehead atoms. The van der Waals surface area contributed by atoms with Gasteiger partial charge < -0.3 is 39.5 Å². The van der Waals surface area contributed by atoms with Crippen molar-refractivity contribution in [3.8, 4) is 23.0 Å². The molecule has 2 N–H and O–H groups in total. The summed E-state index contributed by atoms with van der Waals surface area (Å²) in [6.45, 7) is 0. The predicted molar refractivity (Wildman–Crippen MR) is 94.5 cm³/mol. The Morgan fingerprint density at radius 1 is 0.793 bits per heavy atom. The van der Waals surface area contributed by atoms with Crippen molar-refractivity contribution in [2.24, 2.45) is 0 Å². The fraction of sp³-hybridized carbons (Fsp3) is 0.111. The van der Waals surface area contributed by atoms with E-state index >= 15 is 0 Å². The number of aromatic hydroxyl groups is 2. The Labute approximate surface area is 180 Å². The number of benzene rings is 2. The molecule has 0 saturated carbocycles. The Balaban J connectivity index is 0.000000523. The summed E-state index contributed by atoms with van der Waals surface area (Å²) in [6.07, 6.45) is 0.906. The number of carbonyl (C=O) groups is 4.